The maximum absolute atomic E-state index is 5.28. The van der Waals surface area contributed by atoms with Gasteiger partial charge >= 0.3 is 0 Å². The van der Waals surface area contributed by atoms with E-state index in [1.807, 2.05) is 19.9 Å². The van der Waals surface area contributed by atoms with Gasteiger partial charge in [-0.05, 0) is 19.9 Å². The Balaban J connectivity index is 2.29. The molecule has 0 bridgehead atoms. The van der Waals surface area contributed by atoms with Crippen LogP contribution in [-0.4, -0.2) is 29.3 Å². The Bertz CT molecular complexity index is 520. The molecule has 0 amide bonds. The highest BCUT2D eigenvalue weighted by atomic mass is 16.5. The minimum absolute atomic E-state index is 0.427. The molecule has 0 radical (unpaired) electrons. The number of hydrogen-bond donors (Lipinski definition) is 0. The maximum Gasteiger partial charge on any atom is 0.258 e. The van der Waals surface area contributed by atoms with Crippen molar-refractivity contribution in [3.8, 4) is 17.3 Å². The molecule has 0 spiro atoms. The number of aromatic nitrogens is 3. The van der Waals surface area contributed by atoms with Crippen molar-refractivity contribution in [2.75, 3.05) is 14.2 Å². The van der Waals surface area contributed by atoms with Gasteiger partial charge in [-0.25, -0.2) is 4.98 Å². The van der Waals surface area contributed by atoms with Gasteiger partial charge in [0.1, 0.15) is 5.60 Å². The minimum Gasteiger partial charge on any atom is -0.481 e. The molecule has 0 atom stereocenters. The number of pyridine rings is 1. The van der Waals surface area contributed by atoms with E-state index in [0.29, 0.717) is 17.6 Å². The molecule has 2 aromatic heterocycles. The molecule has 0 saturated heterocycles. The SMILES string of the molecule is COc1ccc(-c2noc(C(C)(C)OC)n2)cn1. The summed E-state index contributed by atoms with van der Waals surface area (Å²) in [6.45, 7) is 3.72. The van der Waals surface area contributed by atoms with E-state index >= 15 is 0 Å². The fraction of sp³-hybridized carbons (Fsp3) is 0.417. The Labute approximate surface area is 105 Å². The molecule has 0 saturated carbocycles. The molecule has 2 aromatic rings. The predicted octanol–water partition coefficient (Wildman–Crippen LogP) is 2.02. The van der Waals surface area contributed by atoms with Crippen LogP contribution in [0.2, 0.25) is 0 Å². The summed E-state index contributed by atoms with van der Waals surface area (Å²) in [5.74, 6) is 1.45. The molecule has 18 heavy (non-hydrogen) atoms. The molecule has 0 N–H and O–H groups in total. The third-order valence-corrected chi connectivity index (χ3v) is 2.66. The number of nitrogens with zero attached hydrogens (tertiary/aromatic N) is 3. The third-order valence-electron chi connectivity index (χ3n) is 2.66. The van der Waals surface area contributed by atoms with Crippen LogP contribution in [0.3, 0.4) is 0 Å². The average Bonchev–Trinajstić information content (AvgIpc) is 2.89. The van der Waals surface area contributed by atoms with Crippen LogP contribution >= 0.6 is 0 Å². The summed E-state index contributed by atoms with van der Waals surface area (Å²) < 4.78 is 15.5. The molecule has 6 nitrogen and oxygen atoms in total. The first-order chi connectivity index (χ1) is 8.56. The summed E-state index contributed by atoms with van der Waals surface area (Å²) in [7, 11) is 3.16. The number of ether oxygens (including phenoxy) is 2. The van der Waals surface area contributed by atoms with Crippen molar-refractivity contribution in [2.45, 2.75) is 19.4 Å². The standard InChI is InChI=1S/C12H15N3O3/c1-12(2,17-4)11-14-10(15-18-11)8-5-6-9(16-3)13-7-8/h5-7H,1-4H3. The first-order valence-electron chi connectivity index (χ1n) is 5.46. The van der Waals surface area contributed by atoms with Gasteiger partial charge < -0.3 is 14.0 Å². The van der Waals surface area contributed by atoms with Crippen LogP contribution in [-0.2, 0) is 10.3 Å². The van der Waals surface area contributed by atoms with Gasteiger partial charge in [-0.3, -0.25) is 0 Å². The fourth-order valence-electron chi connectivity index (χ4n) is 1.31. The van der Waals surface area contributed by atoms with Crippen LogP contribution in [0.4, 0.5) is 0 Å². The quantitative estimate of drug-likeness (QED) is 0.825. The Hall–Kier alpha value is -1.95. The number of methoxy groups -OCH3 is 2. The average molecular weight is 249 g/mol. The molecule has 0 aliphatic rings. The molecular formula is C12H15N3O3. The van der Waals surface area contributed by atoms with Crippen molar-refractivity contribution in [1.82, 2.24) is 15.1 Å². The lowest BCUT2D eigenvalue weighted by atomic mass is 10.1. The summed E-state index contributed by atoms with van der Waals surface area (Å²) in [6, 6.07) is 3.56. The van der Waals surface area contributed by atoms with Gasteiger partial charge in [-0.15, -0.1) is 0 Å². The Morgan fingerprint density at radius 2 is 2.00 bits per heavy atom. The van der Waals surface area contributed by atoms with Crippen molar-refractivity contribution in [3.05, 3.63) is 24.2 Å². The minimum atomic E-state index is -0.606. The molecule has 96 valence electrons. The van der Waals surface area contributed by atoms with Crippen molar-refractivity contribution in [2.24, 2.45) is 0 Å². The summed E-state index contributed by atoms with van der Waals surface area (Å²) >= 11 is 0. The molecular weight excluding hydrogens is 234 g/mol. The number of hydrogen-bond acceptors (Lipinski definition) is 6. The van der Waals surface area contributed by atoms with Crippen LogP contribution in [0.1, 0.15) is 19.7 Å². The van der Waals surface area contributed by atoms with Crippen molar-refractivity contribution >= 4 is 0 Å². The zero-order chi connectivity index (χ0) is 13.2. The van der Waals surface area contributed by atoms with Crippen molar-refractivity contribution in [3.63, 3.8) is 0 Å². The van der Waals surface area contributed by atoms with Crippen molar-refractivity contribution < 1.29 is 14.0 Å². The third kappa shape index (κ3) is 2.33. The summed E-state index contributed by atoms with van der Waals surface area (Å²) in [4.78, 5) is 8.38. The molecule has 2 heterocycles. The van der Waals surface area contributed by atoms with Crippen LogP contribution in [0, 0.1) is 0 Å². The summed E-state index contributed by atoms with van der Waals surface area (Å²) in [6.07, 6.45) is 1.63. The van der Waals surface area contributed by atoms with Gasteiger partial charge in [0, 0.05) is 24.9 Å². The fourth-order valence-corrected chi connectivity index (χ4v) is 1.31. The maximum atomic E-state index is 5.28. The lowest BCUT2D eigenvalue weighted by Crippen LogP contribution is -2.19. The second kappa shape index (κ2) is 4.73. The zero-order valence-corrected chi connectivity index (χ0v) is 10.8. The molecule has 2 rings (SSSR count). The second-order valence-electron chi connectivity index (χ2n) is 4.23. The smallest absolute Gasteiger partial charge is 0.258 e. The lowest BCUT2D eigenvalue weighted by molar-refractivity contribution is -0.00786. The van der Waals surface area contributed by atoms with E-state index in [0.717, 1.165) is 5.56 Å². The van der Waals surface area contributed by atoms with E-state index in [1.54, 1.807) is 26.5 Å². The highest BCUT2D eigenvalue weighted by Gasteiger charge is 2.27. The van der Waals surface area contributed by atoms with Gasteiger partial charge in [-0.2, -0.15) is 4.98 Å². The molecule has 0 unspecified atom stereocenters. The molecule has 0 fully saturated rings. The van der Waals surface area contributed by atoms with E-state index in [1.165, 1.54) is 0 Å². The number of rotatable bonds is 4. The molecule has 0 aromatic carbocycles. The van der Waals surface area contributed by atoms with Crippen LogP contribution in [0.15, 0.2) is 22.9 Å². The predicted molar refractivity (Wildman–Crippen MR) is 64.1 cm³/mol. The van der Waals surface area contributed by atoms with Gasteiger partial charge in [-0.1, -0.05) is 5.16 Å². The van der Waals surface area contributed by atoms with Crippen LogP contribution in [0.5, 0.6) is 5.88 Å². The van der Waals surface area contributed by atoms with E-state index in [-0.39, 0.29) is 0 Å². The van der Waals surface area contributed by atoms with Crippen molar-refractivity contribution in [1.29, 1.82) is 0 Å². The first kappa shape index (κ1) is 12.5. The van der Waals surface area contributed by atoms with E-state index in [4.69, 9.17) is 14.0 Å². The van der Waals surface area contributed by atoms with E-state index in [2.05, 4.69) is 15.1 Å². The van der Waals surface area contributed by atoms with Crippen LogP contribution in [0.25, 0.3) is 11.4 Å². The second-order valence-corrected chi connectivity index (χ2v) is 4.23. The van der Waals surface area contributed by atoms with Gasteiger partial charge in [0.15, 0.2) is 0 Å². The normalized spacial score (nSPS) is 11.6. The van der Waals surface area contributed by atoms with E-state index in [9.17, 15) is 0 Å². The summed E-state index contributed by atoms with van der Waals surface area (Å²) in [5.41, 5.74) is 0.156. The largest absolute Gasteiger partial charge is 0.481 e. The highest BCUT2D eigenvalue weighted by Crippen LogP contribution is 2.25. The molecule has 6 heteroatoms. The Morgan fingerprint density at radius 1 is 1.22 bits per heavy atom. The van der Waals surface area contributed by atoms with Gasteiger partial charge in [0.05, 0.1) is 7.11 Å². The molecule has 0 aliphatic carbocycles. The Morgan fingerprint density at radius 3 is 2.56 bits per heavy atom. The monoisotopic (exact) mass is 249 g/mol. The highest BCUT2D eigenvalue weighted by molar-refractivity contribution is 5.53. The molecule has 0 aliphatic heterocycles. The first-order valence-corrected chi connectivity index (χ1v) is 5.46. The van der Waals surface area contributed by atoms with Gasteiger partial charge in [0.25, 0.3) is 5.89 Å². The van der Waals surface area contributed by atoms with Gasteiger partial charge in [0.2, 0.25) is 11.7 Å². The topological polar surface area (TPSA) is 70.3 Å². The Kier molecular flexibility index (Phi) is 3.29. The summed E-state index contributed by atoms with van der Waals surface area (Å²) in [5, 5.41) is 3.91. The lowest BCUT2D eigenvalue weighted by Gasteiger charge is -2.16. The van der Waals surface area contributed by atoms with Crippen LogP contribution < -0.4 is 4.74 Å². The zero-order valence-electron chi connectivity index (χ0n) is 10.8. The van der Waals surface area contributed by atoms with E-state index < -0.39 is 5.60 Å².